The molecule has 0 amide bonds. The van der Waals surface area contributed by atoms with Crippen LogP contribution in [0.1, 0.15) is 19.3 Å². The molecule has 1 aliphatic carbocycles. The zero-order chi connectivity index (χ0) is 12.3. The van der Waals surface area contributed by atoms with E-state index < -0.39 is 0 Å². The van der Waals surface area contributed by atoms with Gasteiger partial charge in [0.25, 0.3) is 0 Å². The lowest BCUT2D eigenvalue weighted by atomic mass is 10.3. The zero-order valence-electron chi connectivity index (χ0n) is 9.25. The number of nitrogens with zero attached hydrogens (tertiary/aromatic N) is 4. The van der Waals surface area contributed by atoms with Crippen LogP contribution < -0.4 is 10.6 Å². The molecule has 17 heavy (non-hydrogen) atoms. The molecule has 0 radical (unpaired) electrons. The first-order valence-corrected chi connectivity index (χ1v) is 6.49. The molecule has 1 aliphatic rings. The predicted octanol–water partition coefficient (Wildman–Crippen LogP) is 1.19. The first-order valence-electron chi connectivity index (χ1n) is 5.41. The number of anilines is 1. The van der Waals surface area contributed by atoms with Gasteiger partial charge in [-0.25, -0.2) is 9.97 Å². The van der Waals surface area contributed by atoms with Crippen molar-refractivity contribution in [3.05, 3.63) is 16.0 Å². The SMILES string of the molecule is NC(CCN(c1ncc(I)cn1)C1CC1)=NO. The van der Waals surface area contributed by atoms with E-state index in [1.807, 2.05) is 0 Å². The van der Waals surface area contributed by atoms with Gasteiger partial charge in [0.05, 0.1) is 0 Å². The highest BCUT2D eigenvalue weighted by molar-refractivity contribution is 14.1. The molecule has 3 N–H and O–H groups in total. The van der Waals surface area contributed by atoms with Crippen molar-refractivity contribution in [2.24, 2.45) is 10.9 Å². The van der Waals surface area contributed by atoms with Crippen molar-refractivity contribution < 1.29 is 5.21 Å². The lowest BCUT2D eigenvalue weighted by Crippen LogP contribution is -2.31. The highest BCUT2D eigenvalue weighted by Gasteiger charge is 2.30. The average molecular weight is 347 g/mol. The maximum atomic E-state index is 8.52. The molecule has 0 spiro atoms. The minimum absolute atomic E-state index is 0.237. The van der Waals surface area contributed by atoms with Crippen molar-refractivity contribution >= 4 is 34.4 Å². The third-order valence-corrected chi connectivity index (χ3v) is 3.15. The van der Waals surface area contributed by atoms with Gasteiger partial charge in [-0.3, -0.25) is 0 Å². The van der Waals surface area contributed by atoms with E-state index in [1.165, 1.54) is 0 Å². The minimum atomic E-state index is 0.237. The van der Waals surface area contributed by atoms with Gasteiger partial charge in [0.1, 0.15) is 5.84 Å². The molecule has 0 aromatic carbocycles. The predicted molar refractivity (Wildman–Crippen MR) is 73.1 cm³/mol. The van der Waals surface area contributed by atoms with Crippen LogP contribution in [0.2, 0.25) is 0 Å². The number of nitrogens with two attached hydrogens (primary N) is 1. The van der Waals surface area contributed by atoms with Crippen molar-refractivity contribution in [1.29, 1.82) is 0 Å². The van der Waals surface area contributed by atoms with E-state index in [4.69, 9.17) is 10.9 Å². The summed E-state index contributed by atoms with van der Waals surface area (Å²) in [4.78, 5) is 10.7. The van der Waals surface area contributed by atoms with Crippen LogP contribution >= 0.6 is 22.6 Å². The molecule has 2 rings (SSSR count). The van der Waals surface area contributed by atoms with E-state index in [2.05, 4.69) is 42.6 Å². The maximum Gasteiger partial charge on any atom is 0.225 e. The van der Waals surface area contributed by atoms with E-state index in [-0.39, 0.29) is 5.84 Å². The highest BCUT2D eigenvalue weighted by atomic mass is 127. The molecule has 0 saturated heterocycles. The van der Waals surface area contributed by atoms with Gasteiger partial charge in [0.15, 0.2) is 0 Å². The third kappa shape index (κ3) is 3.42. The van der Waals surface area contributed by atoms with Crippen molar-refractivity contribution in [2.45, 2.75) is 25.3 Å². The summed E-state index contributed by atoms with van der Waals surface area (Å²) in [6.45, 7) is 0.682. The second-order valence-corrected chi connectivity index (χ2v) is 5.21. The van der Waals surface area contributed by atoms with Crippen LogP contribution in [0.3, 0.4) is 0 Å². The molecule has 1 aromatic rings. The van der Waals surface area contributed by atoms with Crippen molar-refractivity contribution in [3.8, 4) is 0 Å². The summed E-state index contributed by atoms with van der Waals surface area (Å²) in [7, 11) is 0. The minimum Gasteiger partial charge on any atom is -0.409 e. The van der Waals surface area contributed by atoms with Crippen LogP contribution in [-0.4, -0.2) is 33.6 Å². The van der Waals surface area contributed by atoms with Gasteiger partial charge in [0, 0.05) is 35.0 Å². The van der Waals surface area contributed by atoms with Crippen molar-refractivity contribution in [1.82, 2.24) is 9.97 Å². The van der Waals surface area contributed by atoms with Crippen LogP contribution in [0.25, 0.3) is 0 Å². The summed E-state index contributed by atoms with van der Waals surface area (Å²) >= 11 is 2.18. The van der Waals surface area contributed by atoms with Crippen molar-refractivity contribution in [3.63, 3.8) is 0 Å². The number of amidine groups is 1. The largest absolute Gasteiger partial charge is 0.409 e. The Morgan fingerprint density at radius 1 is 1.53 bits per heavy atom. The molecule has 1 saturated carbocycles. The Balaban J connectivity index is 2.04. The zero-order valence-corrected chi connectivity index (χ0v) is 11.4. The summed E-state index contributed by atoms with van der Waals surface area (Å²) in [6.07, 6.45) is 6.42. The maximum absolute atomic E-state index is 8.52. The monoisotopic (exact) mass is 347 g/mol. The van der Waals surface area contributed by atoms with E-state index >= 15 is 0 Å². The number of hydrogen-bond donors (Lipinski definition) is 2. The Labute approximate surface area is 113 Å². The molecule has 0 unspecified atom stereocenters. The topological polar surface area (TPSA) is 87.6 Å². The molecule has 0 bridgehead atoms. The van der Waals surface area contributed by atoms with Gasteiger partial charge in [-0.05, 0) is 35.4 Å². The molecule has 7 heteroatoms. The van der Waals surface area contributed by atoms with Crippen LogP contribution in [0.4, 0.5) is 5.95 Å². The Bertz CT molecular complexity index is 404. The van der Waals surface area contributed by atoms with Gasteiger partial charge in [-0.15, -0.1) is 0 Å². The fraction of sp³-hybridized carbons (Fsp3) is 0.500. The molecular weight excluding hydrogens is 333 g/mol. The number of halogens is 1. The van der Waals surface area contributed by atoms with Crippen LogP contribution in [0.15, 0.2) is 17.5 Å². The molecule has 1 fully saturated rings. The Morgan fingerprint density at radius 3 is 2.71 bits per heavy atom. The Hall–Kier alpha value is -1.12. The van der Waals surface area contributed by atoms with Gasteiger partial charge in [-0.1, -0.05) is 5.16 Å². The van der Waals surface area contributed by atoms with E-state index in [0.717, 1.165) is 22.4 Å². The van der Waals surface area contributed by atoms with Gasteiger partial charge in [-0.2, -0.15) is 0 Å². The summed E-state index contributed by atoms with van der Waals surface area (Å²) in [6, 6.07) is 0.501. The van der Waals surface area contributed by atoms with Gasteiger partial charge < -0.3 is 15.8 Å². The summed E-state index contributed by atoms with van der Waals surface area (Å²) < 4.78 is 1.01. The first-order chi connectivity index (χ1) is 8.20. The normalized spacial score (nSPS) is 15.9. The molecule has 1 heterocycles. The summed E-state index contributed by atoms with van der Waals surface area (Å²) in [5.74, 6) is 0.958. The summed E-state index contributed by atoms with van der Waals surface area (Å²) in [5, 5.41) is 11.5. The number of hydrogen-bond acceptors (Lipinski definition) is 5. The highest BCUT2D eigenvalue weighted by Crippen LogP contribution is 2.29. The fourth-order valence-electron chi connectivity index (χ4n) is 1.57. The van der Waals surface area contributed by atoms with Crippen LogP contribution in [-0.2, 0) is 0 Å². The lowest BCUT2D eigenvalue weighted by Gasteiger charge is -2.21. The van der Waals surface area contributed by atoms with Crippen molar-refractivity contribution in [2.75, 3.05) is 11.4 Å². The molecule has 92 valence electrons. The average Bonchev–Trinajstić information content (AvgIpc) is 3.15. The quantitative estimate of drug-likeness (QED) is 0.275. The summed E-state index contributed by atoms with van der Waals surface area (Å²) in [5.41, 5.74) is 5.48. The lowest BCUT2D eigenvalue weighted by molar-refractivity contribution is 0.317. The van der Waals surface area contributed by atoms with E-state index in [1.54, 1.807) is 12.4 Å². The second-order valence-electron chi connectivity index (χ2n) is 3.97. The van der Waals surface area contributed by atoms with Gasteiger partial charge in [0.2, 0.25) is 5.95 Å². The molecule has 0 atom stereocenters. The second kappa shape index (κ2) is 5.48. The number of rotatable bonds is 5. The molecule has 6 nitrogen and oxygen atoms in total. The van der Waals surface area contributed by atoms with Gasteiger partial charge >= 0.3 is 0 Å². The van der Waals surface area contributed by atoms with E-state index in [9.17, 15) is 0 Å². The first kappa shape index (κ1) is 12.3. The Kier molecular flexibility index (Phi) is 3.97. The standard InChI is InChI=1S/C10H14IN5O/c11-7-5-13-10(14-6-7)16(8-1-2-8)4-3-9(12)15-17/h5-6,8,17H,1-4H2,(H2,12,15). The number of oxime groups is 1. The molecule has 0 aliphatic heterocycles. The van der Waals surface area contributed by atoms with Crippen LogP contribution in [0.5, 0.6) is 0 Å². The third-order valence-electron chi connectivity index (χ3n) is 2.59. The smallest absolute Gasteiger partial charge is 0.225 e. The molecule has 1 aromatic heterocycles. The number of aromatic nitrogens is 2. The molecular formula is C10H14IN5O. The van der Waals surface area contributed by atoms with E-state index in [0.29, 0.717) is 19.0 Å². The fourth-order valence-corrected chi connectivity index (χ4v) is 1.85. The van der Waals surface area contributed by atoms with Crippen LogP contribution in [0, 0.1) is 3.57 Å². The Morgan fingerprint density at radius 2 is 2.18 bits per heavy atom.